The third-order valence-corrected chi connectivity index (χ3v) is 2.12. The standard InChI is InChI=1S/C10H8BrN2.Li/c11-10-7-13(8-12-10)6-9-4-2-1-3-5-9;/h1-5,8H,6H2;/q-1;+1. The topological polar surface area (TPSA) is 17.8 Å². The van der Waals surface area contributed by atoms with E-state index >= 15 is 0 Å². The number of halogens is 1. The summed E-state index contributed by atoms with van der Waals surface area (Å²) in [6.45, 7) is 0.819. The Morgan fingerprint density at radius 1 is 1.29 bits per heavy atom. The maximum atomic E-state index is 4.04. The molecule has 4 heteroatoms. The van der Waals surface area contributed by atoms with Crippen LogP contribution in [0.3, 0.4) is 0 Å². The minimum absolute atomic E-state index is 0. The van der Waals surface area contributed by atoms with Gasteiger partial charge in [-0.3, -0.25) is 0 Å². The Balaban J connectivity index is 0.000000980. The van der Waals surface area contributed by atoms with Crippen molar-refractivity contribution in [3.8, 4) is 0 Å². The van der Waals surface area contributed by atoms with Gasteiger partial charge >= 0.3 is 18.9 Å². The third-order valence-electron chi connectivity index (χ3n) is 1.74. The molecule has 2 rings (SSSR count). The van der Waals surface area contributed by atoms with E-state index in [2.05, 4.69) is 39.2 Å². The third kappa shape index (κ3) is 3.02. The predicted octanol–water partition coefficient (Wildman–Crippen LogP) is -0.502. The normalized spacial score (nSPS) is 9.50. The van der Waals surface area contributed by atoms with Gasteiger partial charge in [-0.1, -0.05) is 52.6 Å². The molecule has 2 nitrogen and oxygen atoms in total. The molecule has 0 radical (unpaired) electrons. The van der Waals surface area contributed by atoms with Gasteiger partial charge in [-0.25, -0.2) is 0 Å². The van der Waals surface area contributed by atoms with Gasteiger partial charge in [0.2, 0.25) is 0 Å². The van der Waals surface area contributed by atoms with Gasteiger partial charge in [0.1, 0.15) is 0 Å². The molecule has 0 bridgehead atoms. The molecule has 0 spiro atoms. The van der Waals surface area contributed by atoms with E-state index in [1.54, 1.807) is 6.33 Å². The SMILES string of the molecule is Brc1[c-]n(Cc2ccccc2)cn1.[Li+]. The molecule has 1 aromatic carbocycles. The van der Waals surface area contributed by atoms with E-state index in [0.717, 1.165) is 11.1 Å². The summed E-state index contributed by atoms with van der Waals surface area (Å²) in [5.41, 5.74) is 1.25. The van der Waals surface area contributed by atoms with Gasteiger partial charge in [-0.15, -0.1) is 6.20 Å². The Bertz CT molecular complexity index is 386. The first-order valence-corrected chi connectivity index (χ1v) is 4.78. The molecule has 1 heterocycles. The molecule has 0 atom stereocenters. The van der Waals surface area contributed by atoms with E-state index < -0.39 is 0 Å². The quantitative estimate of drug-likeness (QED) is 0.513. The van der Waals surface area contributed by atoms with Crippen molar-refractivity contribution >= 4 is 15.9 Å². The number of aromatic nitrogens is 2. The maximum Gasteiger partial charge on any atom is 1.00 e. The van der Waals surface area contributed by atoms with Gasteiger partial charge in [0.25, 0.3) is 0 Å². The fraction of sp³-hybridized carbons (Fsp3) is 0.100. The smallest absolute Gasteiger partial charge is 0.496 e. The van der Waals surface area contributed by atoms with Crippen LogP contribution < -0.4 is 18.9 Å². The number of hydrogen-bond acceptors (Lipinski definition) is 1. The fourth-order valence-corrected chi connectivity index (χ4v) is 1.48. The minimum atomic E-state index is 0. The monoisotopic (exact) mass is 242 g/mol. The molecule has 0 aliphatic rings. The van der Waals surface area contributed by atoms with Crippen molar-refractivity contribution in [1.82, 2.24) is 9.55 Å². The Kier molecular flexibility index (Phi) is 4.47. The first kappa shape index (κ1) is 11.6. The second kappa shape index (κ2) is 5.40. The van der Waals surface area contributed by atoms with Crippen molar-refractivity contribution < 1.29 is 18.9 Å². The van der Waals surface area contributed by atoms with Crippen molar-refractivity contribution in [3.05, 3.63) is 53.0 Å². The molecule has 0 unspecified atom stereocenters. The Labute approximate surface area is 104 Å². The minimum Gasteiger partial charge on any atom is -0.496 e. The summed E-state index contributed by atoms with van der Waals surface area (Å²) >= 11 is 3.26. The van der Waals surface area contributed by atoms with Crippen LogP contribution in [0.1, 0.15) is 5.56 Å². The average Bonchev–Trinajstić information content (AvgIpc) is 2.53. The van der Waals surface area contributed by atoms with E-state index in [-0.39, 0.29) is 18.9 Å². The summed E-state index contributed by atoms with van der Waals surface area (Å²) in [6, 6.07) is 10.2. The molecule has 0 aliphatic carbocycles. The molecule has 0 aliphatic heterocycles. The number of hydrogen-bond donors (Lipinski definition) is 0. The molecule has 0 N–H and O–H groups in total. The van der Waals surface area contributed by atoms with E-state index in [1.807, 2.05) is 22.8 Å². The second-order valence-corrected chi connectivity index (χ2v) is 3.51. The van der Waals surface area contributed by atoms with Crippen LogP contribution in [0.25, 0.3) is 0 Å². The van der Waals surface area contributed by atoms with Crippen molar-refractivity contribution in [1.29, 1.82) is 0 Å². The summed E-state index contributed by atoms with van der Waals surface area (Å²) in [5, 5.41) is 0. The summed E-state index contributed by atoms with van der Waals surface area (Å²) in [7, 11) is 0. The van der Waals surface area contributed by atoms with Gasteiger partial charge in [-0.2, -0.15) is 0 Å². The Morgan fingerprint density at radius 3 is 2.57 bits per heavy atom. The molecule has 66 valence electrons. The zero-order valence-electron chi connectivity index (χ0n) is 7.94. The number of imidazole rings is 1. The zero-order chi connectivity index (χ0) is 9.10. The molecule has 0 fully saturated rings. The number of rotatable bonds is 2. The molecule has 0 amide bonds. The first-order valence-electron chi connectivity index (χ1n) is 3.98. The molecule has 14 heavy (non-hydrogen) atoms. The van der Waals surface area contributed by atoms with E-state index in [1.165, 1.54) is 5.56 Å². The zero-order valence-corrected chi connectivity index (χ0v) is 9.53. The first-order chi connectivity index (χ1) is 6.34. The van der Waals surface area contributed by atoms with Crippen LogP contribution in [-0.2, 0) is 6.54 Å². The summed E-state index contributed by atoms with van der Waals surface area (Å²) in [4.78, 5) is 4.04. The van der Waals surface area contributed by atoms with Gasteiger partial charge in [-0.05, 0) is 5.56 Å². The van der Waals surface area contributed by atoms with Crippen molar-refractivity contribution in [3.63, 3.8) is 0 Å². The fourth-order valence-electron chi connectivity index (χ4n) is 1.16. The van der Waals surface area contributed by atoms with Crippen LogP contribution in [0, 0.1) is 6.20 Å². The molecular formula is C10H8BrLiN2. The van der Waals surface area contributed by atoms with Gasteiger partial charge in [0, 0.05) is 11.1 Å². The van der Waals surface area contributed by atoms with Gasteiger partial charge in [0.05, 0.1) is 0 Å². The summed E-state index contributed by atoms with van der Waals surface area (Å²) in [5.74, 6) is 0. The molecular weight excluding hydrogens is 235 g/mol. The van der Waals surface area contributed by atoms with Crippen LogP contribution >= 0.6 is 15.9 Å². The van der Waals surface area contributed by atoms with Crippen LogP contribution in [0.15, 0.2) is 41.3 Å². The molecule has 0 saturated carbocycles. The van der Waals surface area contributed by atoms with Crippen molar-refractivity contribution in [2.75, 3.05) is 0 Å². The van der Waals surface area contributed by atoms with Gasteiger partial charge in [0.15, 0.2) is 0 Å². The maximum absolute atomic E-state index is 4.04. The predicted molar refractivity (Wildman–Crippen MR) is 54.3 cm³/mol. The molecule has 0 saturated heterocycles. The van der Waals surface area contributed by atoms with Crippen LogP contribution in [0.5, 0.6) is 0 Å². The van der Waals surface area contributed by atoms with E-state index in [4.69, 9.17) is 0 Å². The Morgan fingerprint density at radius 2 is 2.00 bits per heavy atom. The molecule has 1 aromatic heterocycles. The largest absolute Gasteiger partial charge is 1.00 e. The molecule has 2 aromatic rings. The van der Waals surface area contributed by atoms with Crippen LogP contribution in [-0.4, -0.2) is 9.55 Å². The Hall–Kier alpha value is -0.493. The number of nitrogens with zero attached hydrogens (tertiary/aromatic N) is 2. The van der Waals surface area contributed by atoms with Crippen molar-refractivity contribution in [2.24, 2.45) is 0 Å². The van der Waals surface area contributed by atoms with Crippen LogP contribution in [0.2, 0.25) is 0 Å². The summed E-state index contributed by atoms with van der Waals surface area (Å²) < 4.78 is 2.67. The van der Waals surface area contributed by atoms with E-state index in [0.29, 0.717) is 0 Å². The average molecular weight is 243 g/mol. The second-order valence-electron chi connectivity index (χ2n) is 2.76. The van der Waals surface area contributed by atoms with E-state index in [9.17, 15) is 0 Å². The summed E-state index contributed by atoms with van der Waals surface area (Å²) in [6.07, 6.45) is 4.81. The van der Waals surface area contributed by atoms with Gasteiger partial charge < -0.3 is 9.55 Å². The van der Waals surface area contributed by atoms with Crippen molar-refractivity contribution in [2.45, 2.75) is 6.54 Å². The van der Waals surface area contributed by atoms with Crippen LogP contribution in [0.4, 0.5) is 0 Å². The number of benzene rings is 1.